The van der Waals surface area contributed by atoms with Crippen molar-refractivity contribution in [3.63, 3.8) is 0 Å². The molecule has 0 spiro atoms. The number of amides is 2. The first-order valence-electron chi connectivity index (χ1n) is 7.97. The normalized spacial score (nSPS) is 15.0. The maximum atomic E-state index is 12.2. The number of anilines is 2. The monoisotopic (exact) mass is 318 g/mol. The molecule has 1 fully saturated rings. The van der Waals surface area contributed by atoms with Gasteiger partial charge in [-0.2, -0.15) is 0 Å². The molecule has 0 bridgehead atoms. The van der Waals surface area contributed by atoms with Gasteiger partial charge in [0, 0.05) is 23.7 Å². The van der Waals surface area contributed by atoms with E-state index in [9.17, 15) is 14.4 Å². The van der Waals surface area contributed by atoms with Gasteiger partial charge in [0.05, 0.1) is 6.42 Å². The van der Waals surface area contributed by atoms with Crippen LogP contribution in [0.25, 0.3) is 0 Å². The molecule has 124 valence electrons. The maximum absolute atomic E-state index is 12.2. The predicted octanol–water partition coefficient (Wildman–Crippen LogP) is 3.01. The zero-order chi connectivity index (χ0) is 16.7. The van der Waals surface area contributed by atoms with Crippen molar-refractivity contribution < 1.29 is 19.5 Å². The van der Waals surface area contributed by atoms with Gasteiger partial charge < -0.3 is 15.7 Å². The molecule has 0 saturated heterocycles. The summed E-state index contributed by atoms with van der Waals surface area (Å²) in [7, 11) is 0. The van der Waals surface area contributed by atoms with Gasteiger partial charge in [-0.25, -0.2) is 0 Å². The summed E-state index contributed by atoms with van der Waals surface area (Å²) in [5.74, 6) is -1.27. The molecule has 1 aliphatic carbocycles. The van der Waals surface area contributed by atoms with E-state index >= 15 is 0 Å². The van der Waals surface area contributed by atoms with Gasteiger partial charge in [-0.15, -0.1) is 0 Å². The Morgan fingerprint density at radius 1 is 1.00 bits per heavy atom. The number of aliphatic carboxylic acids is 1. The highest BCUT2D eigenvalue weighted by molar-refractivity contribution is 5.95. The largest absolute Gasteiger partial charge is 0.481 e. The van der Waals surface area contributed by atoms with Gasteiger partial charge in [-0.3, -0.25) is 14.4 Å². The van der Waals surface area contributed by atoms with Crippen LogP contribution < -0.4 is 10.6 Å². The van der Waals surface area contributed by atoms with Crippen molar-refractivity contribution in [1.82, 2.24) is 0 Å². The number of hydrogen-bond acceptors (Lipinski definition) is 3. The number of nitrogens with one attached hydrogen (secondary N) is 2. The van der Waals surface area contributed by atoms with Crippen molar-refractivity contribution in [3.8, 4) is 0 Å². The van der Waals surface area contributed by atoms with E-state index in [1.807, 2.05) is 0 Å². The van der Waals surface area contributed by atoms with E-state index in [1.165, 1.54) is 6.42 Å². The third-order valence-electron chi connectivity index (χ3n) is 3.96. The van der Waals surface area contributed by atoms with Crippen molar-refractivity contribution in [3.05, 3.63) is 24.3 Å². The van der Waals surface area contributed by atoms with Crippen LogP contribution in [0.3, 0.4) is 0 Å². The van der Waals surface area contributed by atoms with Crippen molar-refractivity contribution in [1.29, 1.82) is 0 Å². The van der Waals surface area contributed by atoms with Crippen molar-refractivity contribution >= 4 is 29.2 Å². The first-order chi connectivity index (χ1) is 11.0. The highest BCUT2D eigenvalue weighted by Gasteiger charge is 2.21. The summed E-state index contributed by atoms with van der Waals surface area (Å²) in [4.78, 5) is 34.3. The van der Waals surface area contributed by atoms with Gasteiger partial charge in [-0.1, -0.05) is 25.3 Å². The molecular weight excluding hydrogens is 296 g/mol. The number of carboxylic acid groups (broad SMARTS) is 1. The Kier molecular flexibility index (Phi) is 6.14. The van der Waals surface area contributed by atoms with Crippen LogP contribution in [-0.4, -0.2) is 22.9 Å². The van der Waals surface area contributed by atoms with Crippen molar-refractivity contribution in [2.45, 2.75) is 44.9 Å². The van der Waals surface area contributed by atoms with Crippen LogP contribution in [0.2, 0.25) is 0 Å². The molecule has 1 aliphatic rings. The fourth-order valence-electron chi connectivity index (χ4n) is 2.73. The number of benzene rings is 1. The molecule has 0 atom stereocenters. The lowest BCUT2D eigenvalue weighted by Gasteiger charge is -2.20. The van der Waals surface area contributed by atoms with Crippen LogP contribution in [-0.2, 0) is 14.4 Å². The molecule has 1 saturated carbocycles. The van der Waals surface area contributed by atoms with Crippen molar-refractivity contribution in [2.24, 2.45) is 5.92 Å². The summed E-state index contributed by atoms with van der Waals surface area (Å²) in [6.45, 7) is 0. The van der Waals surface area contributed by atoms with E-state index in [2.05, 4.69) is 10.6 Å². The van der Waals surface area contributed by atoms with Gasteiger partial charge in [0.25, 0.3) is 0 Å². The van der Waals surface area contributed by atoms with Crippen LogP contribution in [0, 0.1) is 5.92 Å². The van der Waals surface area contributed by atoms with Crippen LogP contribution in [0.4, 0.5) is 11.4 Å². The van der Waals surface area contributed by atoms with E-state index in [1.54, 1.807) is 24.3 Å². The molecule has 0 heterocycles. The van der Waals surface area contributed by atoms with Gasteiger partial charge >= 0.3 is 5.97 Å². The minimum atomic E-state index is -1.01. The minimum absolute atomic E-state index is 0.0269. The highest BCUT2D eigenvalue weighted by Crippen LogP contribution is 2.25. The Labute approximate surface area is 135 Å². The Morgan fingerprint density at radius 3 is 2.30 bits per heavy atom. The molecule has 2 amide bonds. The zero-order valence-electron chi connectivity index (χ0n) is 13.0. The predicted molar refractivity (Wildman–Crippen MR) is 87.1 cm³/mol. The fourth-order valence-corrected chi connectivity index (χ4v) is 2.73. The third kappa shape index (κ3) is 5.73. The van der Waals surface area contributed by atoms with Crippen LogP contribution >= 0.6 is 0 Å². The molecular formula is C17H22N2O4. The second-order valence-corrected chi connectivity index (χ2v) is 5.85. The standard InChI is InChI=1S/C17H22N2O4/c20-15(9-10-16(21)22)18-13-7-4-8-14(11-13)19-17(23)12-5-2-1-3-6-12/h4,7-8,11-12H,1-3,5-6,9-10H2,(H,18,20)(H,19,23)(H,21,22). The fraction of sp³-hybridized carbons (Fsp3) is 0.471. The number of carbonyl (C=O) groups is 3. The summed E-state index contributed by atoms with van der Waals surface area (Å²) in [6.07, 6.45) is 4.96. The van der Waals surface area contributed by atoms with Gasteiger partial charge in [-0.05, 0) is 31.0 Å². The SMILES string of the molecule is O=C(O)CCC(=O)Nc1cccc(NC(=O)C2CCCCC2)c1. The van der Waals surface area contributed by atoms with Gasteiger partial charge in [0.15, 0.2) is 0 Å². The Bertz CT molecular complexity index is 580. The van der Waals surface area contributed by atoms with Crippen LogP contribution in [0.5, 0.6) is 0 Å². The number of carboxylic acids is 1. The van der Waals surface area contributed by atoms with Crippen LogP contribution in [0.1, 0.15) is 44.9 Å². The Hall–Kier alpha value is -2.37. The summed E-state index contributed by atoms with van der Waals surface area (Å²) in [6, 6.07) is 6.89. The topological polar surface area (TPSA) is 95.5 Å². The molecule has 3 N–H and O–H groups in total. The number of hydrogen-bond donors (Lipinski definition) is 3. The molecule has 6 nitrogen and oxygen atoms in total. The summed E-state index contributed by atoms with van der Waals surface area (Å²) >= 11 is 0. The lowest BCUT2D eigenvalue weighted by molar-refractivity contribution is -0.138. The minimum Gasteiger partial charge on any atom is -0.481 e. The molecule has 2 rings (SSSR count). The molecule has 1 aromatic rings. The summed E-state index contributed by atoms with van der Waals surface area (Å²) in [5, 5.41) is 14.1. The van der Waals surface area contributed by atoms with E-state index in [-0.39, 0.29) is 30.6 Å². The molecule has 6 heteroatoms. The lowest BCUT2D eigenvalue weighted by atomic mass is 9.88. The smallest absolute Gasteiger partial charge is 0.303 e. The Morgan fingerprint density at radius 2 is 1.65 bits per heavy atom. The van der Waals surface area contributed by atoms with E-state index in [0.717, 1.165) is 25.7 Å². The first kappa shape index (κ1) is 17.0. The maximum Gasteiger partial charge on any atom is 0.303 e. The highest BCUT2D eigenvalue weighted by atomic mass is 16.4. The molecule has 23 heavy (non-hydrogen) atoms. The average molecular weight is 318 g/mol. The third-order valence-corrected chi connectivity index (χ3v) is 3.96. The molecule has 0 radical (unpaired) electrons. The molecule has 1 aromatic carbocycles. The lowest BCUT2D eigenvalue weighted by Crippen LogP contribution is -2.24. The van der Waals surface area contributed by atoms with E-state index in [0.29, 0.717) is 11.4 Å². The first-order valence-corrected chi connectivity index (χ1v) is 7.97. The number of carbonyl (C=O) groups excluding carboxylic acids is 2. The second kappa shape index (κ2) is 8.31. The zero-order valence-corrected chi connectivity index (χ0v) is 13.0. The number of rotatable bonds is 6. The van der Waals surface area contributed by atoms with Crippen molar-refractivity contribution in [2.75, 3.05) is 10.6 Å². The summed E-state index contributed by atoms with van der Waals surface area (Å²) in [5.41, 5.74) is 1.18. The second-order valence-electron chi connectivity index (χ2n) is 5.85. The average Bonchev–Trinajstić information content (AvgIpc) is 2.54. The van der Waals surface area contributed by atoms with Gasteiger partial charge in [0.1, 0.15) is 0 Å². The quantitative estimate of drug-likeness (QED) is 0.751. The summed E-state index contributed by atoms with van der Waals surface area (Å²) < 4.78 is 0. The molecule has 0 aliphatic heterocycles. The molecule has 0 unspecified atom stereocenters. The van der Waals surface area contributed by atoms with Crippen LogP contribution in [0.15, 0.2) is 24.3 Å². The molecule has 0 aromatic heterocycles. The van der Waals surface area contributed by atoms with E-state index in [4.69, 9.17) is 5.11 Å². The van der Waals surface area contributed by atoms with E-state index < -0.39 is 5.97 Å². The van der Waals surface area contributed by atoms with Gasteiger partial charge in [0.2, 0.25) is 11.8 Å². The Balaban J connectivity index is 1.89.